The highest BCUT2D eigenvalue weighted by molar-refractivity contribution is 14.1. The molecule has 0 saturated heterocycles. The number of hydrogen-bond acceptors (Lipinski definition) is 2. The molecule has 1 aliphatic rings. The molecule has 2 rings (SSSR count). The molecule has 18 heavy (non-hydrogen) atoms. The third-order valence-corrected chi connectivity index (χ3v) is 4.77. The van der Waals surface area contributed by atoms with Crippen molar-refractivity contribution >= 4 is 22.6 Å². The molecule has 0 amide bonds. The molecule has 1 saturated carbocycles. The van der Waals surface area contributed by atoms with Crippen LogP contribution in [-0.2, 0) is 0 Å². The Labute approximate surface area is 122 Å². The zero-order valence-corrected chi connectivity index (χ0v) is 12.6. The smallest absolute Gasteiger partial charge is 0.124 e. The average molecular weight is 362 g/mol. The topological polar surface area (TPSA) is 38.0 Å². The Morgan fingerprint density at radius 3 is 2.67 bits per heavy atom. The van der Waals surface area contributed by atoms with Crippen LogP contribution < -0.4 is 11.3 Å². The third-order valence-electron chi connectivity index (χ3n) is 3.83. The SMILES string of the molecule is NNC(CC1CCCCC1)c1ccc(F)cc1I. The van der Waals surface area contributed by atoms with E-state index in [1.807, 2.05) is 6.07 Å². The largest absolute Gasteiger partial charge is 0.271 e. The van der Waals surface area contributed by atoms with Gasteiger partial charge >= 0.3 is 0 Å². The summed E-state index contributed by atoms with van der Waals surface area (Å²) in [5, 5.41) is 0. The van der Waals surface area contributed by atoms with Crippen molar-refractivity contribution in [3.8, 4) is 0 Å². The number of hydrogen-bond donors (Lipinski definition) is 2. The molecule has 1 atom stereocenters. The van der Waals surface area contributed by atoms with Gasteiger partial charge in [0.05, 0.1) is 0 Å². The van der Waals surface area contributed by atoms with E-state index in [0.717, 1.165) is 21.5 Å². The minimum Gasteiger partial charge on any atom is -0.271 e. The fraction of sp³-hybridized carbons (Fsp3) is 0.571. The molecule has 1 fully saturated rings. The van der Waals surface area contributed by atoms with Crippen LogP contribution in [0.3, 0.4) is 0 Å². The molecule has 0 spiro atoms. The van der Waals surface area contributed by atoms with Gasteiger partial charge in [-0.25, -0.2) is 4.39 Å². The van der Waals surface area contributed by atoms with Gasteiger partial charge in [-0.3, -0.25) is 11.3 Å². The minimum absolute atomic E-state index is 0.139. The lowest BCUT2D eigenvalue weighted by Crippen LogP contribution is -2.30. The maximum Gasteiger partial charge on any atom is 0.124 e. The van der Waals surface area contributed by atoms with Crippen LogP contribution in [0.4, 0.5) is 4.39 Å². The summed E-state index contributed by atoms with van der Waals surface area (Å²) in [5.41, 5.74) is 4.01. The van der Waals surface area contributed by atoms with Crippen molar-refractivity contribution in [2.45, 2.75) is 44.6 Å². The van der Waals surface area contributed by atoms with E-state index in [9.17, 15) is 4.39 Å². The molecule has 0 aliphatic heterocycles. The number of halogens is 2. The van der Waals surface area contributed by atoms with Crippen molar-refractivity contribution in [1.29, 1.82) is 0 Å². The summed E-state index contributed by atoms with van der Waals surface area (Å²) >= 11 is 2.18. The summed E-state index contributed by atoms with van der Waals surface area (Å²) in [6, 6.07) is 5.08. The highest BCUT2D eigenvalue weighted by Gasteiger charge is 2.21. The predicted molar refractivity (Wildman–Crippen MR) is 80.4 cm³/mol. The van der Waals surface area contributed by atoms with E-state index in [0.29, 0.717) is 0 Å². The molecule has 100 valence electrons. The molecule has 1 aromatic carbocycles. The van der Waals surface area contributed by atoms with Crippen molar-refractivity contribution in [2.24, 2.45) is 11.8 Å². The van der Waals surface area contributed by atoms with E-state index >= 15 is 0 Å². The van der Waals surface area contributed by atoms with Gasteiger partial charge in [0.1, 0.15) is 5.82 Å². The molecule has 0 heterocycles. The first kappa shape index (κ1) is 14.2. The Kier molecular flexibility index (Phi) is 5.38. The zero-order valence-electron chi connectivity index (χ0n) is 10.5. The van der Waals surface area contributed by atoms with Crippen molar-refractivity contribution in [3.63, 3.8) is 0 Å². The Morgan fingerprint density at radius 1 is 1.33 bits per heavy atom. The molecule has 1 unspecified atom stereocenters. The van der Waals surface area contributed by atoms with E-state index in [1.54, 1.807) is 6.07 Å². The Bertz CT molecular complexity index is 391. The van der Waals surface area contributed by atoms with Gasteiger partial charge < -0.3 is 0 Å². The molecule has 0 bridgehead atoms. The van der Waals surface area contributed by atoms with E-state index in [-0.39, 0.29) is 11.9 Å². The number of nitrogens with one attached hydrogen (secondary N) is 1. The van der Waals surface area contributed by atoms with E-state index < -0.39 is 0 Å². The number of benzene rings is 1. The van der Waals surface area contributed by atoms with E-state index in [2.05, 4.69) is 28.0 Å². The summed E-state index contributed by atoms with van der Waals surface area (Å²) in [6.45, 7) is 0. The first-order chi connectivity index (χ1) is 8.70. The van der Waals surface area contributed by atoms with Gasteiger partial charge in [-0.15, -0.1) is 0 Å². The Balaban J connectivity index is 2.07. The minimum atomic E-state index is -0.184. The summed E-state index contributed by atoms with van der Waals surface area (Å²) < 4.78 is 14.1. The van der Waals surface area contributed by atoms with Crippen molar-refractivity contribution in [1.82, 2.24) is 5.43 Å². The third kappa shape index (κ3) is 3.65. The van der Waals surface area contributed by atoms with Gasteiger partial charge in [-0.05, 0) is 52.6 Å². The lowest BCUT2D eigenvalue weighted by atomic mass is 9.83. The highest BCUT2D eigenvalue weighted by atomic mass is 127. The number of nitrogens with two attached hydrogens (primary N) is 1. The van der Waals surface area contributed by atoms with Crippen LogP contribution in [0.2, 0.25) is 0 Å². The standard InChI is InChI=1S/C14H20FIN2/c15-11-6-7-12(13(16)9-11)14(18-17)8-10-4-2-1-3-5-10/h6-7,9-10,14,18H,1-5,8,17H2. The van der Waals surface area contributed by atoms with Crippen LogP contribution in [0.15, 0.2) is 18.2 Å². The lowest BCUT2D eigenvalue weighted by molar-refractivity contribution is 0.300. The number of rotatable bonds is 4. The molecule has 1 aromatic rings. The molecule has 2 nitrogen and oxygen atoms in total. The van der Waals surface area contributed by atoms with Crippen LogP contribution in [0.1, 0.15) is 50.1 Å². The Hall–Kier alpha value is -0.200. The summed E-state index contributed by atoms with van der Waals surface area (Å²) in [7, 11) is 0. The normalized spacial score (nSPS) is 18.8. The summed E-state index contributed by atoms with van der Waals surface area (Å²) in [5.74, 6) is 6.25. The maximum absolute atomic E-state index is 13.1. The molecular formula is C14H20FIN2. The second-order valence-corrected chi connectivity index (χ2v) is 6.29. The summed E-state index contributed by atoms with van der Waals surface area (Å²) in [6.07, 6.45) is 7.69. The second-order valence-electron chi connectivity index (χ2n) is 5.12. The van der Waals surface area contributed by atoms with Gasteiger partial charge in [-0.2, -0.15) is 0 Å². The van der Waals surface area contributed by atoms with E-state index in [1.165, 1.54) is 38.2 Å². The fourth-order valence-electron chi connectivity index (χ4n) is 2.83. The van der Waals surface area contributed by atoms with Crippen LogP contribution >= 0.6 is 22.6 Å². The molecule has 4 heteroatoms. The zero-order chi connectivity index (χ0) is 13.0. The van der Waals surface area contributed by atoms with Crippen molar-refractivity contribution < 1.29 is 4.39 Å². The monoisotopic (exact) mass is 362 g/mol. The van der Waals surface area contributed by atoms with Crippen LogP contribution in [0.5, 0.6) is 0 Å². The van der Waals surface area contributed by atoms with Crippen LogP contribution in [0.25, 0.3) is 0 Å². The molecular weight excluding hydrogens is 342 g/mol. The average Bonchev–Trinajstić information content (AvgIpc) is 2.38. The Morgan fingerprint density at radius 2 is 2.06 bits per heavy atom. The fourth-order valence-corrected chi connectivity index (χ4v) is 3.68. The number of hydrazine groups is 1. The highest BCUT2D eigenvalue weighted by Crippen LogP contribution is 2.33. The van der Waals surface area contributed by atoms with Gasteiger partial charge in [0.15, 0.2) is 0 Å². The van der Waals surface area contributed by atoms with E-state index in [4.69, 9.17) is 5.84 Å². The van der Waals surface area contributed by atoms with Crippen LogP contribution in [0, 0.1) is 15.3 Å². The maximum atomic E-state index is 13.1. The van der Waals surface area contributed by atoms with Crippen molar-refractivity contribution in [2.75, 3.05) is 0 Å². The van der Waals surface area contributed by atoms with Gasteiger partial charge in [-0.1, -0.05) is 38.2 Å². The first-order valence-electron chi connectivity index (χ1n) is 6.62. The first-order valence-corrected chi connectivity index (χ1v) is 7.69. The summed E-state index contributed by atoms with van der Waals surface area (Å²) in [4.78, 5) is 0. The molecule has 0 radical (unpaired) electrons. The lowest BCUT2D eigenvalue weighted by Gasteiger charge is -2.27. The predicted octanol–water partition coefficient (Wildman–Crippen LogP) is 3.91. The second kappa shape index (κ2) is 6.82. The molecule has 1 aliphatic carbocycles. The molecule has 0 aromatic heterocycles. The van der Waals surface area contributed by atoms with Crippen molar-refractivity contribution in [3.05, 3.63) is 33.1 Å². The van der Waals surface area contributed by atoms with Gasteiger partial charge in [0, 0.05) is 9.61 Å². The van der Waals surface area contributed by atoms with Gasteiger partial charge in [0.25, 0.3) is 0 Å². The van der Waals surface area contributed by atoms with Gasteiger partial charge in [0.2, 0.25) is 0 Å². The van der Waals surface area contributed by atoms with Crippen LogP contribution in [-0.4, -0.2) is 0 Å². The quantitative estimate of drug-likeness (QED) is 0.484. The molecule has 3 N–H and O–H groups in total.